The van der Waals surface area contributed by atoms with Crippen molar-refractivity contribution in [3.05, 3.63) is 46.1 Å². The van der Waals surface area contributed by atoms with Crippen LogP contribution in [0.2, 0.25) is 0 Å². The Morgan fingerprint density at radius 1 is 1.23 bits per heavy atom. The van der Waals surface area contributed by atoms with Crippen molar-refractivity contribution in [3.8, 4) is 11.3 Å². The standard InChI is InChI=1S/C19H19N3O3S/c23-17(11-22-8-4-1-5-9-22)21-19-20-15(12-26-19)14-10-13-6-2-3-7-16(13)25-18(14)24/h2-3,6-7,10,12H,1,4-5,8-9,11H2,(H,20,21,23). The molecule has 26 heavy (non-hydrogen) atoms. The van der Waals surface area contributed by atoms with Crippen LogP contribution in [0.4, 0.5) is 5.13 Å². The van der Waals surface area contributed by atoms with Gasteiger partial charge in [0, 0.05) is 10.8 Å². The number of aromatic nitrogens is 1. The van der Waals surface area contributed by atoms with Crippen LogP contribution in [0.5, 0.6) is 0 Å². The maximum absolute atomic E-state index is 12.2. The van der Waals surface area contributed by atoms with Crippen LogP contribution in [0.1, 0.15) is 19.3 Å². The van der Waals surface area contributed by atoms with Crippen molar-refractivity contribution in [2.24, 2.45) is 0 Å². The van der Waals surface area contributed by atoms with Gasteiger partial charge in [0.1, 0.15) is 5.58 Å². The number of para-hydroxylation sites is 1. The van der Waals surface area contributed by atoms with Crippen LogP contribution < -0.4 is 10.9 Å². The molecule has 1 fully saturated rings. The Bertz CT molecular complexity index is 989. The Morgan fingerprint density at radius 3 is 2.88 bits per heavy atom. The average molecular weight is 369 g/mol. The second-order valence-corrected chi connectivity index (χ2v) is 7.27. The van der Waals surface area contributed by atoms with Crippen molar-refractivity contribution >= 4 is 33.3 Å². The highest BCUT2D eigenvalue weighted by molar-refractivity contribution is 7.14. The Morgan fingerprint density at radius 2 is 2.04 bits per heavy atom. The quantitative estimate of drug-likeness (QED) is 0.714. The number of hydrogen-bond donors (Lipinski definition) is 1. The number of rotatable bonds is 4. The third-order valence-electron chi connectivity index (χ3n) is 4.48. The Hall–Kier alpha value is -2.51. The molecule has 1 N–H and O–H groups in total. The van der Waals surface area contributed by atoms with Gasteiger partial charge in [0.25, 0.3) is 0 Å². The zero-order chi connectivity index (χ0) is 17.9. The molecule has 3 aromatic rings. The molecular weight excluding hydrogens is 350 g/mol. The number of likely N-dealkylation sites (tertiary alicyclic amines) is 1. The minimum absolute atomic E-state index is 0.0710. The number of carbonyl (C=O) groups is 1. The van der Waals surface area contributed by atoms with Crippen molar-refractivity contribution in [2.45, 2.75) is 19.3 Å². The molecule has 2 aromatic heterocycles. The van der Waals surface area contributed by atoms with Crippen LogP contribution in [0.3, 0.4) is 0 Å². The molecule has 0 bridgehead atoms. The first-order chi connectivity index (χ1) is 12.7. The number of nitrogens with zero attached hydrogens (tertiary/aromatic N) is 2. The smallest absolute Gasteiger partial charge is 0.345 e. The highest BCUT2D eigenvalue weighted by Gasteiger charge is 2.16. The van der Waals surface area contributed by atoms with Crippen molar-refractivity contribution in [3.63, 3.8) is 0 Å². The molecule has 0 saturated carbocycles. The van der Waals surface area contributed by atoms with Gasteiger partial charge >= 0.3 is 5.63 Å². The molecule has 1 amide bonds. The summed E-state index contributed by atoms with van der Waals surface area (Å²) in [7, 11) is 0. The van der Waals surface area contributed by atoms with Gasteiger partial charge in [0.05, 0.1) is 17.8 Å². The number of piperidine rings is 1. The number of nitrogens with one attached hydrogen (secondary N) is 1. The molecule has 6 nitrogen and oxygen atoms in total. The van der Waals surface area contributed by atoms with Gasteiger partial charge in [-0.25, -0.2) is 9.78 Å². The van der Waals surface area contributed by atoms with Crippen LogP contribution in [-0.2, 0) is 4.79 Å². The lowest BCUT2D eigenvalue weighted by molar-refractivity contribution is -0.117. The SMILES string of the molecule is O=C(CN1CCCCC1)Nc1nc(-c2cc3ccccc3oc2=O)cs1. The van der Waals surface area contributed by atoms with E-state index >= 15 is 0 Å². The van der Waals surface area contributed by atoms with Crippen molar-refractivity contribution in [1.82, 2.24) is 9.88 Å². The van der Waals surface area contributed by atoms with Gasteiger partial charge < -0.3 is 9.73 Å². The van der Waals surface area contributed by atoms with Gasteiger partial charge in [-0.15, -0.1) is 11.3 Å². The number of hydrogen-bond acceptors (Lipinski definition) is 6. The number of fused-ring (bicyclic) bond motifs is 1. The molecule has 0 atom stereocenters. The second-order valence-electron chi connectivity index (χ2n) is 6.41. The number of amides is 1. The zero-order valence-electron chi connectivity index (χ0n) is 14.2. The molecule has 1 aromatic carbocycles. The highest BCUT2D eigenvalue weighted by atomic mass is 32.1. The lowest BCUT2D eigenvalue weighted by Crippen LogP contribution is -2.36. The number of carbonyl (C=O) groups excluding carboxylic acids is 1. The van der Waals surface area contributed by atoms with E-state index in [0.29, 0.717) is 28.5 Å². The van der Waals surface area contributed by atoms with E-state index in [1.807, 2.05) is 18.2 Å². The molecule has 3 heterocycles. The van der Waals surface area contributed by atoms with Gasteiger partial charge in [0.2, 0.25) is 5.91 Å². The van der Waals surface area contributed by atoms with E-state index in [1.54, 1.807) is 17.5 Å². The van der Waals surface area contributed by atoms with Gasteiger partial charge in [-0.1, -0.05) is 24.6 Å². The molecule has 134 valence electrons. The van der Waals surface area contributed by atoms with Crippen LogP contribution >= 0.6 is 11.3 Å². The Balaban J connectivity index is 1.50. The molecule has 0 spiro atoms. The van der Waals surface area contributed by atoms with Crippen molar-refractivity contribution in [2.75, 3.05) is 25.0 Å². The van der Waals surface area contributed by atoms with E-state index in [4.69, 9.17) is 4.42 Å². The zero-order valence-corrected chi connectivity index (χ0v) is 15.1. The summed E-state index contributed by atoms with van der Waals surface area (Å²) in [6, 6.07) is 9.13. The topological polar surface area (TPSA) is 75.4 Å². The largest absolute Gasteiger partial charge is 0.422 e. The molecule has 0 unspecified atom stereocenters. The van der Waals surface area contributed by atoms with Crippen molar-refractivity contribution < 1.29 is 9.21 Å². The fourth-order valence-electron chi connectivity index (χ4n) is 3.17. The Labute approximate surface area is 154 Å². The molecular formula is C19H19N3O3S. The van der Waals surface area contributed by atoms with E-state index < -0.39 is 5.63 Å². The van der Waals surface area contributed by atoms with Gasteiger partial charge in [0.15, 0.2) is 5.13 Å². The van der Waals surface area contributed by atoms with E-state index in [-0.39, 0.29) is 5.91 Å². The summed E-state index contributed by atoms with van der Waals surface area (Å²) >= 11 is 1.31. The first kappa shape index (κ1) is 16.9. The van der Waals surface area contributed by atoms with Crippen LogP contribution in [0.15, 0.2) is 44.9 Å². The first-order valence-corrected chi connectivity index (χ1v) is 9.58. The maximum Gasteiger partial charge on any atom is 0.345 e. The summed E-state index contributed by atoms with van der Waals surface area (Å²) in [5.41, 5.74) is 1.03. The number of benzene rings is 1. The van der Waals surface area contributed by atoms with E-state index in [9.17, 15) is 9.59 Å². The van der Waals surface area contributed by atoms with E-state index in [2.05, 4.69) is 15.2 Å². The normalized spacial score (nSPS) is 15.2. The van der Waals surface area contributed by atoms with Crippen LogP contribution in [-0.4, -0.2) is 35.4 Å². The molecule has 7 heteroatoms. The molecule has 1 saturated heterocycles. The highest BCUT2D eigenvalue weighted by Crippen LogP contribution is 2.25. The lowest BCUT2D eigenvalue weighted by atomic mass is 10.1. The predicted octanol–water partition coefficient (Wildman–Crippen LogP) is 3.34. The second kappa shape index (κ2) is 7.39. The predicted molar refractivity (Wildman–Crippen MR) is 103 cm³/mol. The van der Waals surface area contributed by atoms with E-state index in [0.717, 1.165) is 31.3 Å². The monoisotopic (exact) mass is 369 g/mol. The summed E-state index contributed by atoms with van der Waals surface area (Å²) in [6.07, 6.45) is 3.53. The summed E-state index contributed by atoms with van der Waals surface area (Å²) < 4.78 is 5.35. The summed E-state index contributed by atoms with van der Waals surface area (Å²) in [5, 5.41) is 5.93. The first-order valence-electron chi connectivity index (χ1n) is 8.70. The Kier molecular flexibility index (Phi) is 4.81. The van der Waals surface area contributed by atoms with Gasteiger partial charge in [-0.3, -0.25) is 9.69 Å². The molecule has 1 aliphatic rings. The minimum atomic E-state index is -0.430. The summed E-state index contributed by atoms with van der Waals surface area (Å²) in [5.74, 6) is -0.0710. The van der Waals surface area contributed by atoms with Gasteiger partial charge in [-0.2, -0.15) is 0 Å². The minimum Gasteiger partial charge on any atom is -0.422 e. The van der Waals surface area contributed by atoms with Gasteiger partial charge in [-0.05, 0) is 38.1 Å². The summed E-state index contributed by atoms with van der Waals surface area (Å²) in [6.45, 7) is 2.32. The number of thiazole rings is 1. The fraction of sp³-hybridized carbons (Fsp3) is 0.316. The van der Waals surface area contributed by atoms with Crippen molar-refractivity contribution in [1.29, 1.82) is 0 Å². The molecule has 1 aliphatic heterocycles. The molecule has 0 aliphatic carbocycles. The lowest BCUT2D eigenvalue weighted by Gasteiger charge is -2.25. The maximum atomic E-state index is 12.2. The molecule has 0 radical (unpaired) electrons. The van der Waals surface area contributed by atoms with Crippen LogP contribution in [0.25, 0.3) is 22.2 Å². The average Bonchev–Trinajstić information content (AvgIpc) is 3.10. The third-order valence-corrected chi connectivity index (χ3v) is 5.24. The summed E-state index contributed by atoms with van der Waals surface area (Å²) in [4.78, 5) is 31.0. The van der Waals surface area contributed by atoms with E-state index in [1.165, 1.54) is 17.8 Å². The third kappa shape index (κ3) is 3.68. The molecule has 4 rings (SSSR count). The van der Waals surface area contributed by atoms with Crippen LogP contribution in [0, 0.1) is 0 Å². The number of anilines is 1. The fourth-order valence-corrected chi connectivity index (χ4v) is 3.90.